The van der Waals surface area contributed by atoms with Crippen LogP contribution in [0.4, 0.5) is 0 Å². The van der Waals surface area contributed by atoms with Gasteiger partial charge in [-0.05, 0) is 45.3 Å². The number of piperidine rings is 1. The molecule has 1 amide bonds. The van der Waals surface area contributed by atoms with E-state index in [0.717, 1.165) is 55.6 Å². The van der Waals surface area contributed by atoms with Gasteiger partial charge >= 0.3 is 0 Å². The second-order valence-electron chi connectivity index (χ2n) is 6.28. The van der Waals surface area contributed by atoms with Crippen molar-refractivity contribution in [3.8, 4) is 0 Å². The van der Waals surface area contributed by atoms with Crippen LogP contribution in [0.3, 0.4) is 0 Å². The van der Waals surface area contributed by atoms with Crippen LogP contribution in [0.15, 0.2) is 12.3 Å². The molecule has 0 aromatic carbocycles. The summed E-state index contributed by atoms with van der Waals surface area (Å²) in [6.07, 6.45) is 4.70. The normalized spacial score (nSPS) is 16.0. The summed E-state index contributed by atoms with van der Waals surface area (Å²) in [4.78, 5) is 19.5. The first-order valence-electron chi connectivity index (χ1n) is 8.43. The van der Waals surface area contributed by atoms with E-state index in [1.165, 1.54) is 0 Å². The summed E-state index contributed by atoms with van der Waals surface area (Å²) in [5.41, 5.74) is 2.40. The molecule has 1 aliphatic rings. The molecule has 1 aliphatic heterocycles. The maximum Gasteiger partial charge on any atom is 0.255 e. The minimum absolute atomic E-state index is 0.0939. The Morgan fingerprint density at radius 1 is 1.43 bits per heavy atom. The highest BCUT2D eigenvalue weighted by Gasteiger charge is 2.26. The van der Waals surface area contributed by atoms with Crippen LogP contribution in [0.2, 0.25) is 0 Å². The van der Waals surface area contributed by atoms with E-state index in [9.17, 15) is 4.79 Å². The van der Waals surface area contributed by atoms with Gasteiger partial charge in [0.25, 0.3) is 5.91 Å². The summed E-state index contributed by atoms with van der Waals surface area (Å²) in [6.45, 7) is 6.84. The van der Waals surface area contributed by atoms with Gasteiger partial charge in [0.15, 0.2) is 5.65 Å². The number of rotatable bonds is 4. The predicted molar refractivity (Wildman–Crippen MR) is 90.5 cm³/mol. The lowest BCUT2D eigenvalue weighted by molar-refractivity contribution is 0.0642. The van der Waals surface area contributed by atoms with Crippen LogP contribution in [0.25, 0.3) is 11.0 Å². The largest absolute Gasteiger partial charge is 0.336 e. The number of aromatic nitrogens is 3. The maximum atomic E-state index is 13.0. The van der Waals surface area contributed by atoms with Crippen molar-refractivity contribution < 1.29 is 4.79 Å². The Labute approximate surface area is 136 Å². The van der Waals surface area contributed by atoms with Gasteiger partial charge in [0.2, 0.25) is 0 Å². The third-order valence-corrected chi connectivity index (χ3v) is 4.58. The van der Waals surface area contributed by atoms with Gasteiger partial charge in [-0.3, -0.25) is 9.48 Å². The van der Waals surface area contributed by atoms with Crippen LogP contribution in [0.5, 0.6) is 0 Å². The quantitative estimate of drug-likeness (QED) is 0.936. The molecule has 0 saturated carbocycles. The van der Waals surface area contributed by atoms with Gasteiger partial charge in [-0.1, -0.05) is 6.92 Å². The van der Waals surface area contributed by atoms with Gasteiger partial charge in [0, 0.05) is 31.2 Å². The predicted octanol–water partition coefficient (Wildman–Crippen LogP) is 1.88. The number of nitrogens with one attached hydrogen (secondary N) is 1. The number of hydrogen-bond donors (Lipinski definition) is 1. The molecule has 0 spiro atoms. The van der Waals surface area contributed by atoms with Crippen molar-refractivity contribution in [3.05, 3.63) is 23.5 Å². The first-order chi connectivity index (χ1) is 11.1. The van der Waals surface area contributed by atoms with E-state index in [1.807, 2.05) is 24.9 Å². The average Bonchev–Trinajstić information content (AvgIpc) is 2.87. The summed E-state index contributed by atoms with van der Waals surface area (Å²) in [5, 5.41) is 8.70. The third kappa shape index (κ3) is 3.08. The van der Waals surface area contributed by atoms with Gasteiger partial charge in [0.05, 0.1) is 11.3 Å². The van der Waals surface area contributed by atoms with Gasteiger partial charge < -0.3 is 10.2 Å². The number of carbonyl (C=O) groups excluding carboxylic acids is 1. The van der Waals surface area contributed by atoms with Crippen molar-refractivity contribution in [2.45, 2.75) is 39.2 Å². The summed E-state index contributed by atoms with van der Waals surface area (Å²) in [6, 6.07) is 2.27. The molecular weight excluding hydrogens is 290 g/mol. The SMILES string of the molecule is CCCN(C(=O)c1cnc2c(c1)c(C)nn2C)C1CCNCC1. The Balaban J connectivity index is 1.91. The molecule has 1 saturated heterocycles. The highest BCUT2D eigenvalue weighted by Crippen LogP contribution is 2.20. The Hall–Kier alpha value is -1.95. The first-order valence-corrected chi connectivity index (χ1v) is 8.43. The van der Waals surface area contributed by atoms with E-state index in [4.69, 9.17) is 0 Å². The topological polar surface area (TPSA) is 63.1 Å². The molecule has 6 nitrogen and oxygen atoms in total. The highest BCUT2D eigenvalue weighted by atomic mass is 16.2. The molecule has 1 N–H and O–H groups in total. The molecule has 3 heterocycles. The molecule has 124 valence electrons. The van der Waals surface area contributed by atoms with E-state index < -0.39 is 0 Å². The smallest absolute Gasteiger partial charge is 0.255 e. The molecule has 0 unspecified atom stereocenters. The molecule has 2 aromatic rings. The maximum absolute atomic E-state index is 13.0. The lowest BCUT2D eigenvalue weighted by Gasteiger charge is -2.34. The first kappa shape index (κ1) is 15.9. The lowest BCUT2D eigenvalue weighted by Crippen LogP contribution is -2.46. The fraction of sp³-hybridized carbons (Fsp3) is 0.588. The van der Waals surface area contributed by atoms with Crippen molar-refractivity contribution in [1.29, 1.82) is 0 Å². The van der Waals surface area contributed by atoms with Crippen LogP contribution >= 0.6 is 0 Å². The monoisotopic (exact) mass is 315 g/mol. The van der Waals surface area contributed by atoms with Gasteiger partial charge in [-0.2, -0.15) is 5.10 Å². The number of nitrogens with zero attached hydrogens (tertiary/aromatic N) is 4. The summed E-state index contributed by atoms with van der Waals surface area (Å²) < 4.78 is 1.76. The molecule has 3 rings (SSSR count). The molecule has 0 atom stereocenters. The van der Waals surface area contributed by atoms with Crippen LogP contribution in [-0.2, 0) is 7.05 Å². The molecule has 1 fully saturated rings. The zero-order valence-electron chi connectivity index (χ0n) is 14.2. The zero-order chi connectivity index (χ0) is 16.4. The minimum atomic E-state index is 0.0939. The lowest BCUT2D eigenvalue weighted by atomic mass is 10.0. The molecule has 6 heteroatoms. The van der Waals surface area contributed by atoms with Gasteiger partial charge in [-0.15, -0.1) is 0 Å². The van der Waals surface area contributed by atoms with Gasteiger partial charge in [-0.25, -0.2) is 4.98 Å². The van der Waals surface area contributed by atoms with E-state index in [-0.39, 0.29) is 5.91 Å². The van der Waals surface area contributed by atoms with E-state index in [2.05, 4.69) is 22.3 Å². The molecule has 0 aliphatic carbocycles. The number of amides is 1. The minimum Gasteiger partial charge on any atom is -0.336 e. The van der Waals surface area contributed by atoms with Crippen LogP contribution in [-0.4, -0.2) is 51.2 Å². The molecule has 0 radical (unpaired) electrons. The van der Waals surface area contributed by atoms with Crippen LogP contribution < -0.4 is 5.32 Å². The Bertz CT molecular complexity index is 702. The summed E-state index contributed by atoms with van der Waals surface area (Å²) >= 11 is 0. The number of fused-ring (bicyclic) bond motifs is 1. The zero-order valence-corrected chi connectivity index (χ0v) is 14.2. The Morgan fingerprint density at radius 2 is 2.17 bits per heavy atom. The highest BCUT2D eigenvalue weighted by molar-refractivity contribution is 5.97. The molecule has 23 heavy (non-hydrogen) atoms. The van der Waals surface area contributed by atoms with E-state index in [1.54, 1.807) is 10.9 Å². The van der Waals surface area contributed by atoms with Crippen LogP contribution in [0, 0.1) is 6.92 Å². The Morgan fingerprint density at radius 3 is 2.87 bits per heavy atom. The Kier molecular flexibility index (Phi) is 4.61. The number of hydrogen-bond acceptors (Lipinski definition) is 4. The third-order valence-electron chi connectivity index (χ3n) is 4.58. The molecule has 0 bridgehead atoms. The van der Waals surface area contributed by atoms with E-state index in [0.29, 0.717) is 11.6 Å². The van der Waals surface area contributed by atoms with Crippen molar-refractivity contribution >= 4 is 16.9 Å². The van der Waals surface area contributed by atoms with Crippen LogP contribution in [0.1, 0.15) is 42.2 Å². The van der Waals surface area contributed by atoms with Crippen molar-refractivity contribution in [2.75, 3.05) is 19.6 Å². The van der Waals surface area contributed by atoms with E-state index >= 15 is 0 Å². The molecular formula is C17H25N5O. The standard InChI is InChI=1S/C17H25N5O/c1-4-9-22(14-5-7-18-8-6-14)17(23)13-10-15-12(2)20-21(3)16(15)19-11-13/h10-11,14,18H,4-9H2,1-3H3. The fourth-order valence-electron chi connectivity index (χ4n) is 3.40. The number of aryl methyl sites for hydroxylation is 2. The van der Waals surface area contributed by atoms with Crippen molar-refractivity contribution in [3.63, 3.8) is 0 Å². The fourth-order valence-corrected chi connectivity index (χ4v) is 3.40. The average molecular weight is 315 g/mol. The summed E-state index contributed by atoms with van der Waals surface area (Å²) in [5.74, 6) is 0.0939. The summed E-state index contributed by atoms with van der Waals surface area (Å²) in [7, 11) is 1.88. The second kappa shape index (κ2) is 6.66. The molecule has 2 aromatic heterocycles. The second-order valence-corrected chi connectivity index (χ2v) is 6.28. The van der Waals surface area contributed by atoms with Gasteiger partial charge in [0.1, 0.15) is 0 Å². The van der Waals surface area contributed by atoms with Crippen molar-refractivity contribution in [2.24, 2.45) is 7.05 Å². The number of carbonyl (C=O) groups is 1. The van der Waals surface area contributed by atoms with Crippen molar-refractivity contribution in [1.82, 2.24) is 25.0 Å². The number of pyridine rings is 1.